The molecule has 2 aliphatic heterocycles. The Bertz CT molecular complexity index is 392. The van der Waals surface area contributed by atoms with Crippen molar-refractivity contribution in [1.29, 1.82) is 0 Å². The number of nitrogens with zero attached hydrogens (tertiary/aromatic N) is 1. The zero-order valence-corrected chi connectivity index (χ0v) is 10.9. The van der Waals surface area contributed by atoms with Crippen molar-refractivity contribution in [3.63, 3.8) is 0 Å². The second kappa shape index (κ2) is 4.71. The first kappa shape index (κ1) is 13.1. The van der Waals surface area contributed by atoms with Crippen LogP contribution < -0.4 is 0 Å². The maximum atomic E-state index is 12.3. The van der Waals surface area contributed by atoms with E-state index in [9.17, 15) is 14.4 Å². The summed E-state index contributed by atoms with van der Waals surface area (Å²) in [4.78, 5) is 37.1. The Morgan fingerprint density at radius 1 is 1.50 bits per heavy atom. The fourth-order valence-electron chi connectivity index (χ4n) is 3.32. The van der Waals surface area contributed by atoms with Gasteiger partial charge in [0.15, 0.2) is 0 Å². The molecule has 100 valence electrons. The molecule has 18 heavy (non-hydrogen) atoms. The van der Waals surface area contributed by atoms with Gasteiger partial charge in [0.2, 0.25) is 5.91 Å². The van der Waals surface area contributed by atoms with Gasteiger partial charge in [0.05, 0.1) is 6.61 Å². The standard InChI is InChI=1S/C13H19NO4/c1-3-18-12(17)13-6-4-11(16)14(13)7-5-10(13)8-9(2)15/h10H,3-8H2,1-2H3. The number of Topliss-reactive ketones (excluding diaryl/α,β-unsaturated/α-hetero) is 1. The van der Waals surface area contributed by atoms with Gasteiger partial charge in [0.25, 0.3) is 0 Å². The number of fused-ring (bicyclic) bond motifs is 1. The normalized spacial score (nSPS) is 30.4. The second-order valence-electron chi connectivity index (χ2n) is 5.08. The van der Waals surface area contributed by atoms with E-state index in [0.29, 0.717) is 38.8 Å². The van der Waals surface area contributed by atoms with Crippen LogP contribution in [0.15, 0.2) is 0 Å². The topological polar surface area (TPSA) is 63.7 Å². The number of hydrogen-bond acceptors (Lipinski definition) is 4. The molecule has 0 aromatic heterocycles. The molecule has 0 radical (unpaired) electrons. The number of ketones is 1. The zero-order chi connectivity index (χ0) is 13.3. The molecule has 0 aromatic carbocycles. The van der Waals surface area contributed by atoms with Crippen molar-refractivity contribution in [3.05, 3.63) is 0 Å². The number of ether oxygens (including phenoxy) is 1. The van der Waals surface area contributed by atoms with E-state index in [-0.39, 0.29) is 23.6 Å². The predicted octanol–water partition coefficient (Wildman–Crippen LogP) is 0.910. The third-order valence-electron chi connectivity index (χ3n) is 4.04. The Morgan fingerprint density at radius 3 is 2.83 bits per heavy atom. The lowest BCUT2D eigenvalue weighted by Crippen LogP contribution is -2.52. The van der Waals surface area contributed by atoms with Gasteiger partial charge in [0, 0.05) is 25.3 Å². The van der Waals surface area contributed by atoms with Crippen LogP contribution in [-0.4, -0.2) is 41.3 Å². The Hall–Kier alpha value is -1.39. The molecule has 2 fully saturated rings. The monoisotopic (exact) mass is 253 g/mol. The van der Waals surface area contributed by atoms with Crippen LogP contribution in [0, 0.1) is 5.92 Å². The highest BCUT2D eigenvalue weighted by molar-refractivity contribution is 5.93. The van der Waals surface area contributed by atoms with Crippen molar-refractivity contribution in [2.24, 2.45) is 5.92 Å². The first-order chi connectivity index (χ1) is 8.52. The van der Waals surface area contributed by atoms with Crippen LogP contribution in [0.5, 0.6) is 0 Å². The van der Waals surface area contributed by atoms with Gasteiger partial charge in [-0.1, -0.05) is 0 Å². The summed E-state index contributed by atoms with van der Waals surface area (Å²) in [6.45, 7) is 4.15. The van der Waals surface area contributed by atoms with Gasteiger partial charge in [0.1, 0.15) is 11.3 Å². The molecule has 2 saturated heterocycles. The Balaban J connectivity index is 2.30. The summed E-state index contributed by atoms with van der Waals surface area (Å²) < 4.78 is 5.15. The lowest BCUT2D eigenvalue weighted by molar-refractivity contribution is -0.160. The Kier molecular flexibility index (Phi) is 3.41. The number of carbonyl (C=O) groups is 3. The van der Waals surface area contributed by atoms with Crippen molar-refractivity contribution < 1.29 is 19.1 Å². The molecular weight excluding hydrogens is 234 g/mol. The molecule has 0 bridgehead atoms. The molecule has 0 aromatic rings. The maximum Gasteiger partial charge on any atom is 0.332 e. The summed E-state index contributed by atoms with van der Waals surface area (Å²) in [6, 6.07) is 0. The van der Waals surface area contributed by atoms with Crippen LogP contribution in [0.2, 0.25) is 0 Å². The SMILES string of the molecule is CCOC(=O)C12CCC(=O)N1CCC2CC(C)=O. The molecular formula is C13H19NO4. The first-order valence-corrected chi connectivity index (χ1v) is 6.49. The van der Waals surface area contributed by atoms with E-state index in [0.717, 1.165) is 0 Å². The lowest BCUT2D eigenvalue weighted by Gasteiger charge is -2.34. The van der Waals surface area contributed by atoms with E-state index in [1.54, 1.807) is 11.8 Å². The summed E-state index contributed by atoms with van der Waals surface area (Å²) in [5, 5.41) is 0. The van der Waals surface area contributed by atoms with E-state index >= 15 is 0 Å². The molecule has 0 saturated carbocycles. The predicted molar refractivity (Wildman–Crippen MR) is 63.7 cm³/mol. The number of esters is 1. The highest BCUT2D eigenvalue weighted by Crippen LogP contribution is 2.46. The molecule has 5 nitrogen and oxygen atoms in total. The summed E-state index contributed by atoms with van der Waals surface area (Å²) in [6.07, 6.45) is 1.93. The fourth-order valence-corrected chi connectivity index (χ4v) is 3.32. The first-order valence-electron chi connectivity index (χ1n) is 6.49. The summed E-state index contributed by atoms with van der Waals surface area (Å²) in [5.41, 5.74) is -0.862. The molecule has 2 unspecified atom stereocenters. The van der Waals surface area contributed by atoms with Gasteiger partial charge in [-0.05, 0) is 26.7 Å². The third-order valence-corrected chi connectivity index (χ3v) is 4.04. The van der Waals surface area contributed by atoms with Crippen LogP contribution >= 0.6 is 0 Å². The minimum atomic E-state index is -0.862. The van der Waals surface area contributed by atoms with Crippen LogP contribution in [-0.2, 0) is 19.1 Å². The minimum absolute atomic E-state index is 0.00843. The Morgan fingerprint density at radius 2 is 2.22 bits per heavy atom. The number of hydrogen-bond donors (Lipinski definition) is 0. The van der Waals surface area contributed by atoms with Crippen LogP contribution in [0.1, 0.15) is 39.5 Å². The zero-order valence-electron chi connectivity index (χ0n) is 10.9. The molecule has 0 spiro atoms. The average molecular weight is 253 g/mol. The van der Waals surface area contributed by atoms with E-state index in [1.165, 1.54) is 6.92 Å². The quantitative estimate of drug-likeness (QED) is 0.699. The van der Waals surface area contributed by atoms with Gasteiger partial charge < -0.3 is 14.4 Å². The number of amides is 1. The van der Waals surface area contributed by atoms with Crippen molar-refractivity contribution in [2.75, 3.05) is 13.2 Å². The molecule has 0 aliphatic carbocycles. The van der Waals surface area contributed by atoms with Gasteiger partial charge in [-0.3, -0.25) is 4.79 Å². The summed E-state index contributed by atoms with van der Waals surface area (Å²) >= 11 is 0. The molecule has 2 aliphatic rings. The average Bonchev–Trinajstić information content (AvgIpc) is 2.80. The van der Waals surface area contributed by atoms with Crippen LogP contribution in [0.3, 0.4) is 0 Å². The number of rotatable bonds is 4. The van der Waals surface area contributed by atoms with Gasteiger partial charge >= 0.3 is 5.97 Å². The van der Waals surface area contributed by atoms with Crippen molar-refractivity contribution in [3.8, 4) is 0 Å². The maximum absolute atomic E-state index is 12.3. The van der Waals surface area contributed by atoms with E-state index < -0.39 is 5.54 Å². The molecule has 2 atom stereocenters. The van der Waals surface area contributed by atoms with E-state index in [1.807, 2.05) is 0 Å². The largest absolute Gasteiger partial charge is 0.464 e. The fraction of sp³-hybridized carbons (Fsp3) is 0.769. The van der Waals surface area contributed by atoms with Gasteiger partial charge in [-0.15, -0.1) is 0 Å². The van der Waals surface area contributed by atoms with Gasteiger partial charge in [-0.25, -0.2) is 4.79 Å². The number of carbonyl (C=O) groups excluding carboxylic acids is 3. The van der Waals surface area contributed by atoms with E-state index in [2.05, 4.69) is 0 Å². The lowest BCUT2D eigenvalue weighted by atomic mass is 9.80. The minimum Gasteiger partial charge on any atom is -0.464 e. The Labute approximate surface area is 106 Å². The summed E-state index contributed by atoms with van der Waals surface area (Å²) in [5.74, 6) is -0.348. The van der Waals surface area contributed by atoms with Crippen molar-refractivity contribution in [2.45, 2.75) is 45.1 Å². The highest BCUT2D eigenvalue weighted by Gasteiger charge is 2.60. The molecule has 2 heterocycles. The van der Waals surface area contributed by atoms with Crippen LogP contribution in [0.4, 0.5) is 0 Å². The molecule has 0 N–H and O–H groups in total. The third kappa shape index (κ3) is 1.82. The van der Waals surface area contributed by atoms with Crippen LogP contribution in [0.25, 0.3) is 0 Å². The van der Waals surface area contributed by atoms with Gasteiger partial charge in [-0.2, -0.15) is 0 Å². The molecule has 5 heteroatoms. The second-order valence-corrected chi connectivity index (χ2v) is 5.08. The summed E-state index contributed by atoms with van der Waals surface area (Å²) in [7, 11) is 0. The molecule has 2 rings (SSSR count). The van der Waals surface area contributed by atoms with E-state index in [4.69, 9.17) is 4.74 Å². The molecule has 1 amide bonds. The van der Waals surface area contributed by atoms with Crippen molar-refractivity contribution in [1.82, 2.24) is 4.90 Å². The van der Waals surface area contributed by atoms with Crippen molar-refractivity contribution >= 4 is 17.7 Å². The smallest absolute Gasteiger partial charge is 0.332 e. The highest BCUT2D eigenvalue weighted by atomic mass is 16.5.